The Labute approximate surface area is 242 Å². The number of allylic oxidation sites excluding steroid dienone is 4. The highest BCUT2D eigenvalue weighted by Gasteiger charge is 2.35. The van der Waals surface area contributed by atoms with Crippen molar-refractivity contribution in [3.8, 4) is 11.1 Å². The third-order valence-electron chi connectivity index (χ3n) is 8.85. The van der Waals surface area contributed by atoms with E-state index in [2.05, 4.69) is 145 Å². The van der Waals surface area contributed by atoms with Gasteiger partial charge >= 0.3 is 0 Å². The average molecular weight is 533 g/mol. The Kier molecular flexibility index (Phi) is 6.08. The molecule has 0 fully saturated rings. The van der Waals surface area contributed by atoms with Crippen LogP contribution in [0.15, 0.2) is 121 Å². The highest BCUT2D eigenvalue weighted by molar-refractivity contribution is 6.21. The van der Waals surface area contributed by atoms with E-state index >= 15 is 0 Å². The topological polar surface area (TPSA) is 17.0 Å². The molecule has 1 heterocycles. The summed E-state index contributed by atoms with van der Waals surface area (Å²) in [6, 6.07) is 36.2. The molecule has 0 saturated heterocycles. The first-order valence-electron chi connectivity index (χ1n) is 14.9. The molecule has 1 N–H and O–H groups in total. The van der Waals surface area contributed by atoms with Crippen LogP contribution in [0.4, 0.5) is 11.4 Å². The Morgan fingerprint density at radius 1 is 0.683 bits per heavy atom. The lowest BCUT2D eigenvalue weighted by molar-refractivity contribution is 0.648. The highest BCUT2D eigenvalue weighted by atomic mass is 15.0. The average Bonchev–Trinajstić information content (AvgIpc) is 3.47. The van der Waals surface area contributed by atoms with Gasteiger partial charge in [-0.05, 0) is 75.8 Å². The van der Waals surface area contributed by atoms with Crippen molar-refractivity contribution >= 4 is 44.0 Å². The Morgan fingerprint density at radius 3 is 2.27 bits per heavy atom. The molecular formula is C39H36N2. The molecule has 1 aromatic heterocycles. The maximum Gasteiger partial charge on any atom is 0.0560 e. The molecule has 5 aromatic carbocycles. The minimum Gasteiger partial charge on any atom is -0.355 e. The molecule has 2 aliphatic carbocycles. The van der Waals surface area contributed by atoms with Crippen molar-refractivity contribution in [1.29, 1.82) is 0 Å². The van der Waals surface area contributed by atoms with E-state index in [1.807, 2.05) is 13.8 Å². The quantitative estimate of drug-likeness (QED) is 0.240. The van der Waals surface area contributed by atoms with Crippen LogP contribution >= 0.6 is 0 Å². The third kappa shape index (κ3) is 3.93. The van der Waals surface area contributed by atoms with E-state index in [1.165, 1.54) is 54.8 Å². The van der Waals surface area contributed by atoms with Crippen molar-refractivity contribution in [3.05, 3.63) is 132 Å². The maximum absolute atomic E-state index is 3.76. The number of rotatable bonds is 3. The normalized spacial score (nSPS) is 16.4. The number of anilines is 2. The van der Waals surface area contributed by atoms with Crippen LogP contribution in [0.5, 0.6) is 0 Å². The van der Waals surface area contributed by atoms with E-state index in [0.29, 0.717) is 6.04 Å². The van der Waals surface area contributed by atoms with Gasteiger partial charge in [-0.25, -0.2) is 0 Å². The van der Waals surface area contributed by atoms with Gasteiger partial charge in [0, 0.05) is 33.1 Å². The van der Waals surface area contributed by atoms with Gasteiger partial charge in [-0.3, -0.25) is 0 Å². The van der Waals surface area contributed by atoms with Gasteiger partial charge in [-0.2, -0.15) is 0 Å². The number of benzene rings is 5. The molecule has 0 aliphatic heterocycles. The molecule has 6 aromatic rings. The highest BCUT2D eigenvalue weighted by Crippen LogP contribution is 2.49. The van der Waals surface area contributed by atoms with Crippen molar-refractivity contribution in [2.24, 2.45) is 0 Å². The summed E-state index contributed by atoms with van der Waals surface area (Å²) < 4.78 is 2.52. The zero-order valence-corrected chi connectivity index (χ0v) is 24.3. The molecule has 202 valence electrons. The summed E-state index contributed by atoms with van der Waals surface area (Å²) >= 11 is 0. The number of nitrogens with one attached hydrogen (secondary N) is 1. The smallest absolute Gasteiger partial charge is 0.0560 e. The summed E-state index contributed by atoms with van der Waals surface area (Å²) in [5.74, 6) is 0. The maximum atomic E-state index is 3.76. The van der Waals surface area contributed by atoms with Gasteiger partial charge in [-0.1, -0.05) is 113 Å². The van der Waals surface area contributed by atoms with E-state index in [1.54, 1.807) is 0 Å². The Balaban J connectivity index is 0.00000135. The Hall–Kier alpha value is -4.56. The molecule has 1 unspecified atom stereocenters. The standard InChI is InChI=1S/C37H30N2.C2H6/c1-37(2)32-15-9-8-14-29(32)30-19-17-26(23-33(30)37)38-25-18-21-34-31(22-25)36-28-13-7-6-10-24(28)16-20-35(36)39(34)27-11-4-3-5-12-27;1-2/h3-11,13-23,27,38H,12H2,1-2H3;1-2H3. The minimum atomic E-state index is -0.0120. The fourth-order valence-electron chi connectivity index (χ4n) is 6.96. The first-order valence-corrected chi connectivity index (χ1v) is 14.9. The molecule has 2 heteroatoms. The van der Waals surface area contributed by atoms with E-state index in [4.69, 9.17) is 0 Å². The van der Waals surface area contributed by atoms with Gasteiger partial charge in [0.2, 0.25) is 0 Å². The molecule has 1 atom stereocenters. The monoisotopic (exact) mass is 532 g/mol. The summed E-state index contributed by atoms with van der Waals surface area (Å²) in [6.07, 6.45) is 9.93. The summed E-state index contributed by atoms with van der Waals surface area (Å²) in [6.45, 7) is 8.67. The van der Waals surface area contributed by atoms with E-state index in [0.717, 1.165) is 17.8 Å². The number of hydrogen-bond donors (Lipinski definition) is 1. The second-order valence-corrected chi connectivity index (χ2v) is 11.5. The van der Waals surface area contributed by atoms with Gasteiger partial charge in [0.05, 0.1) is 11.6 Å². The molecule has 2 nitrogen and oxygen atoms in total. The van der Waals surface area contributed by atoms with Crippen molar-refractivity contribution in [1.82, 2.24) is 4.57 Å². The van der Waals surface area contributed by atoms with Crippen LogP contribution in [-0.2, 0) is 5.41 Å². The van der Waals surface area contributed by atoms with Crippen LogP contribution < -0.4 is 5.32 Å². The van der Waals surface area contributed by atoms with Gasteiger partial charge in [0.15, 0.2) is 0 Å². The van der Waals surface area contributed by atoms with Gasteiger partial charge in [0.1, 0.15) is 0 Å². The first-order chi connectivity index (χ1) is 20.1. The predicted molar refractivity (Wildman–Crippen MR) is 178 cm³/mol. The van der Waals surface area contributed by atoms with Gasteiger partial charge < -0.3 is 9.88 Å². The fourth-order valence-corrected chi connectivity index (χ4v) is 6.96. The molecule has 0 radical (unpaired) electrons. The van der Waals surface area contributed by atoms with Gasteiger partial charge in [0.25, 0.3) is 0 Å². The van der Waals surface area contributed by atoms with Crippen LogP contribution in [0.2, 0.25) is 0 Å². The lowest BCUT2D eigenvalue weighted by Gasteiger charge is -2.22. The second kappa shape index (κ2) is 9.82. The molecule has 0 bridgehead atoms. The van der Waals surface area contributed by atoms with Crippen molar-refractivity contribution in [2.45, 2.75) is 45.6 Å². The molecule has 0 amide bonds. The Bertz CT molecular complexity index is 2000. The van der Waals surface area contributed by atoms with E-state index < -0.39 is 0 Å². The lowest BCUT2D eigenvalue weighted by atomic mass is 9.82. The SMILES string of the molecule is CC.CC1(C)c2ccccc2-c2ccc(Nc3ccc4c(c3)c3c5ccccc5ccc3n4C3C=CC=CC3)cc21. The third-order valence-corrected chi connectivity index (χ3v) is 8.85. The number of hydrogen-bond acceptors (Lipinski definition) is 1. The fraction of sp³-hybridized carbons (Fsp3) is 0.179. The van der Waals surface area contributed by atoms with Crippen molar-refractivity contribution in [3.63, 3.8) is 0 Å². The van der Waals surface area contributed by atoms with Crippen molar-refractivity contribution < 1.29 is 0 Å². The lowest BCUT2D eigenvalue weighted by Crippen LogP contribution is -2.15. The van der Waals surface area contributed by atoms with Crippen LogP contribution in [0, 0.1) is 0 Å². The largest absolute Gasteiger partial charge is 0.355 e. The van der Waals surface area contributed by atoms with Gasteiger partial charge in [-0.15, -0.1) is 0 Å². The number of aromatic nitrogens is 1. The number of fused-ring (bicyclic) bond motifs is 8. The molecule has 8 rings (SSSR count). The van der Waals surface area contributed by atoms with Crippen LogP contribution in [0.1, 0.15) is 51.3 Å². The van der Waals surface area contributed by atoms with E-state index in [9.17, 15) is 0 Å². The summed E-state index contributed by atoms with van der Waals surface area (Å²) in [4.78, 5) is 0. The molecule has 0 spiro atoms. The second-order valence-electron chi connectivity index (χ2n) is 11.5. The zero-order chi connectivity index (χ0) is 28.1. The molecule has 2 aliphatic rings. The predicted octanol–water partition coefficient (Wildman–Crippen LogP) is 11.1. The summed E-state index contributed by atoms with van der Waals surface area (Å²) in [5.41, 5.74) is 10.3. The minimum absolute atomic E-state index is 0.0120. The Morgan fingerprint density at radius 2 is 1.41 bits per heavy atom. The van der Waals surface area contributed by atoms with Crippen LogP contribution in [0.3, 0.4) is 0 Å². The summed E-state index contributed by atoms with van der Waals surface area (Å²) in [5, 5.41) is 8.97. The molecular weight excluding hydrogens is 496 g/mol. The summed E-state index contributed by atoms with van der Waals surface area (Å²) in [7, 11) is 0. The van der Waals surface area contributed by atoms with Crippen molar-refractivity contribution in [2.75, 3.05) is 5.32 Å². The van der Waals surface area contributed by atoms with E-state index in [-0.39, 0.29) is 5.41 Å². The molecule has 0 saturated carbocycles. The first kappa shape index (κ1) is 25.4. The number of nitrogens with zero attached hydrogens (tertiary/aromatic N) is 1. The zero-order valence-electron chi connectivity index (χ0n) is 24.3. The van der Waals surface area contributed by atoms with Crippen LogP contribution in [-0.4, -0.2) is 4.57 Å². The van der Waals surface area contributed by atoms with Crippen LogP contribution in [0.25, 0.3) is 43.7 Å². The molecule has 41 heavy (non-hydrogen) atoms.